The number of fused-ring (bicyclic) bond motifs is 3. The van der Waals surface area contributed by atoms with Crippen molar-refractivity contribution in [2.45, 2.75) is 0 Å². The van der Waals surface area contributed by atoms with E-state index in [4.69, 9.17) is 0 Å². The van der Waals surface area contributed by atoms with E-state index in [0.717, 1.165) is 0 Å². The molecule has 0 aliphatic heterocycles. The summed E-state index contributed by atoms with van der Waals surface area (Å²) in [6, 6.07) is 34.6. The highest BCUT2D eigenvalue weighted by Crippen LogP contribution is 2.30. The second-order valence-corrected chi connectivity index (χ2v) is 6.63. The minimum atomic E-state index is 1.25. The van der Waals surface area contributed by atoms with Crippen molar-refractivity contribution in [3.8, 4) is 0 Å². The summed E-state index contributed by atoms with van der Waals surface area (Å²) in [5.74, 6) is 0. The van der Waals surface area contributed by atoms with E-state index in [1.165, 1.54) is 43.4 Å². The summed E-state index contributed by atoms with van der Waals surface area (Å²) in [4.78, 5) is 0. The first-order valence-corrected chi connectivity index (χ1v) is 8.96. The summed E-state index contributed by atoms with van der Waals surface area (Å²) in [6.07, 6.45) is 4.52. The molecule has 0 aliphatic carbocycles. The van der Waals surface area contributed by atoms with Crippen molar-refractivity contribution in [2.24, 2.45) is 0 Å². The third-order valence-electron chi connectivity index (χ3n) is 5.07. The molecule has 5 aromatic carbocycles. The quantitative estimate of drug-likeness (QED) is 0.235. The molecule has 5 aromatic rings. The molecule has 0 nitrogen and oxygen atoms in total. The van der Waals surface area contributed by atoms with E-state index in [-0.39, 0.29) is 0 Å². The molecule has 0 heteroatoms. The number of benzene rings is 5. The summed E-state index contributed by atoms with van der Waals surface area (Å²) in [7, 11) is 0. The average molecular weight is 330 g/mol. The molecule has 0 saturated carbocycles. The van der Waals surface area contributed by atoms with Crippen LogP contribution >= 0.6 is 0 Å². The lowest BCUT2D eigenvalue weighted by Crippen LogP contribution is -1.83. The predicted octanol–water partition coefficient (Wildman–Crippen LogP) is 7.32. The van der Waals surface area contributed by atoms with Gasteiger partial charge in [-0.3, -0.25) is 0 Å². The zero-order chi connectivity index (χ0) is 17.3. The largest absolute Gasteiger partial charge is 0.0616 e. The number of hydrogen-bond donors (Lipinski definition) is 0. The smallest absolute Gasteiger partial charge is 0.00992 e. The second kappa shape index (κ2) is 6.16. The molecule has 0 N–H and O–H groups in total. The molecule has 0 atom stereocenters. The van der Waals surface area contributed by atoms with Crippen LogP contribution in [0.5, 0.6) is 0 Å². The van der Waals surface area contributed by atoms with Crippen LogP contribution in [0.2, 0.25) is 0 Å². The van der Waals surface area contributed by atoms with Gasteiger partial charge in [0.15, 0.2) is 0 Å². The van der Waals surface area contributed by atoms with Gasteiger partial charge < -0.3 is 0 Å². The van der Waals surface area contributed by atoms with Crippen LogP contribution in [0.25, 0.3) is 44.5 Å². The highest BCUT2D eigenvalue weighted by atomic mass is 14.1. The van der Waals surface area contributed by atoms with Crippen molar-refractivity contribution in [2.75, 3.05) is 0 Å². The topological polar surface area (TPSA) is 0 Å². The molecule has 0 bridgehead atoms. The monoisotopic (exact) mass is 330 g/mol. The Bertz CT molecular complexity index is 1220. The van der Waals surface area contributed by atoms with Gasteiger partial charge in [-0.05, 0) is 49.5 Å². The van der Waals surface area contributed by atoms with Gasteiger partial charge in [-0.1, -0.05) is 103 Å². The maximum atomic E-state index is 2.28. The van der Waals surface area contributed by atoms with Crippen LogP contribution in [0.1, 0.15) is 11.1 Å². The minimum Gasteiger partial charge on any atom is -0.0616 e. The molecular weight excluding hydrogens is 312 g/mol. The van der Waals surface area contributed by atoms with Crippen LogP contribution < -0.4 is 0 Å². The fourth-order valence-corrected chi connectivity index (χ4v) is 3.80. The van der Waals surface area contributed by atoms with E-state index >= 15 is 0 Å². The summed E-state index contributed by atoms with van der Waals surface area (Å²) in [6.45, 7) is 0. The van der Waals surface area contributed by atoms with Gasteiger partial charge >= 0.3 is 0 Å². The van der Waals surface area contributed by atoms with Gasteiger partial charge in [0.1, 0.15) is 0 Å². The molecule has 0 saturated heterocycles. The Morgan fingerprint density at radius 1 is 0.423 bits per heavy atom. The lowest BCUT2D eigenvalue weighted by atomic mass is 9.95. The molecule has 26 heavy (non-hydrogen) atoms. The molecule has 0 amide bonds. The Kier molecular flexibility index (Phi) is 3.54. The minimum absolute atomic E-state index is 1.25. The molecule has 0 aliphatic rings. The highest BCUT2D eigenvalue weighted by molar-refractivity contribution is 6.08. The first-order chi connectivity index (χ1) is 12.9. The van der Waals surface area contributed by atoms with E-state index in [1.807, 2.05) is 0 Å². The normalized spacial score (nSPS) is 11.7. The Morgan fingerprint density at radius 2 is 0.962 bits per heavy atom. The first-order valence-electron chi connectivity index (χ1n) is 8.96. The maximum absolute atomic E-state index is 2.28. The predicted molar refractivity (Wildman–Crippen MR) is 114 cm³/mol. The molecule has 0 aromatic heterocycles. The SMILES string of the molecule is C(=C/c1c2ccccc2cc2ccccc12)/c1cccc2ccccc12. The van der Waals surface area contributed by atoms with Gasteiger partial charge in [0, 0.05) is 0 Å². The molecule has 0 fully saturated rings. The van der Waals surface area contributed by atoms with Gasteiger partial charge in [-0.15, -0.1) is 0 Å². The first kappa shape index (κ1) is 14.9. The highest BCUT2D eigenvalue weighted by Gasteiger charge is 2.05. The Labute approximate surface area is 153 Å². The second-order valence-electron chi connectivity index (χ2n) is 6.63. The third-order valence-corrected chi connectivity index (χ3v) is 5.07. The summed E-state index contributed by atoms with van der Waals surface area (Å²) >= 11 is 0. The van der Waals surface area contributed by atoms with Crippen LogP contribution in [-0.4, -0.2) is 0 Å². The van der Waals surface area contributed by atoms with Crippen molar-refractivity contribution < 1.29 is 0 Å². The van der Waals surface area contributed by atoms with Crippen molar-refractivity contribution in [1.29, 1.82) is 0 Å². The van der Waals surface area contributed by atoms with Crippen LogP contribution in [0, 0.1) is 0 Å². The Morgan fingerprint density at radius 3 is 1.65 bits per heavy atom. The van der Waals surface area contributed by atoms with Gasteiger partial charge in [-0.25, -0.2) is 0 Å². The molecular formula is C26H18. The van der Waals surface area contributed by atoms with Crippen molar-refractivity contribution in [3.05, 3.63) is 108 Å². The van der Waals surface area contributed by atoms with E-state index < -0.39 is 0 Å². The fraction of sp³-hybridized carbons (Fsp3) is 0. The van der Waals surface area contributed by atoms with Gasteiger partial charge in [0.2, 0.25) is 0 Å². The van der Waals surface area contributed by atoms with E-state index in [1.54, 1.807) is 0 Å². The van der Waals surface area contributed by atoms with Gasteiger partial charge in [-0.2, -0.15) is 0 Å². The maximum Gasteiger partial charge on any atom is -0.00992 e. The van der Waals surface area contributed by atoms with Crippen LogP contribution in [0.4, 0.5) is 0 Å². The molecule has 0 spiro atoms. The summed E-state index contributed by atoms with van der Waals surface area (Å²) < 4.78 is 0. The lowest BCUT2D eigenvalue weighted by molar-refractivity contribution is 1.71. The standard InChI is InChI=1S/C26H18/c1-4-13-23-19(8-1)11-7-12-20(23)16-17-26-24-14-5-2-9-21(24)18-22-10-3-6-15-25(22)26/h1-18H/b17-16-. The Balaban J connectivity index is 1.76. The average Bonchev–Trinajstić information content (AvgIpc) is 2.71. The number of rotatable bonds is 2. The van der Waals surface area contributed by atoms with Gasteiger partial charge in [0.05, 0.1) is 0 Å². The summed E-state index contributed by atoms with van der Waals surface area (Å²) in [5, 5.41) is 7.71. The molecule has 0 radical (unpaired) electrons. The van der Waals surface area contributed by atoms with Crippen molar-refractivity contribution >= 4 is 44.5 Å². The fourth-order valence-electron chi connectivity index (χ4n) is 3.80. The zero-order valence-electron chi connectivity index (χ0n) is 14.4. The molecule has 5 rings (SSSR count). The molecule has 0 unspecified atom stereocenters. The van der Waals surface area contributed by atoms with E-state index in [2.05, 4.69) is 109 Å². The molecule has 0 heterocycles. The summed E-state index contributed by atoms with van der Waals surface area (Å²) in [5.41, 5.74) is 2.53. The van der Waals surface area contributed by atoms with Crippen LogP contribution in [0.3, 0.4) is 0 Å². The van der Waals surface area contributed by atoms with E-state index in [9.17, 15) is 0 Å². The van der Waals surface area contributed by atoms with Crippen molar-refractivity contribution in [1.82, 2.24) is 0 Å². The van der Waals surface area contributed by atoms with Crippen LogP contribution in [-0.2, 0) is 0 Å². The van der Waals surface area contributed by atoms with Crippen molar-refractivity contribution in [3.63, 3.8) is 0 Å². The Hall–Kier alpha value is -3.38. The van der Waals surface area contributed by atoms with Crippen LogP contribution in [0.15, 0.2) is 97.1 Å². The lowest BCUT2D eigenvalue weighted by Gasteiger charge is -2.09. The molecule has 122 valence electrons. The van der Waals surface area contributed by atoms with Gasteiger partial charge in [0.25, 0.3) is 0 Å². The number of hydrogen-bond acceptors (Lipinski definition) is 0. The third kappa shape index (κ3) is 2.48. The zero-order valence-corrected chi connectivity index (χ0v) is 14.4. The van der Waals surface area contributed by atoms with E-state index in [0.29, 0.717) is 0 Å².